The SMILES string of the molecule is Nc1ccc(N=Nc2ccc(NNc3cccc(S(=O)(=O)O)c3)c3ccccc23)c2ccc(S(=O)(=O)O)cc12. The van der Waals surface area contributed by atoms with Crippen molar-refractivity contribution in [1.29, 1.82) is 0 Å². The zero-order chi connectivity index (χ0) is 27.8. The van der Waals surface area contributed by atoms with Gasteiger partial charge in [0.25, 0.3) is 20.2 Å². The number of nitrogens with one attached hydrogen (secondary N) is 2. The molecule has 13 heteroatoms. The molecule has 0 fully saturated rings. The van der Waals surface area contributed by atoms with Crippen LogP contribution in [0.1, 0.15) is 0 Å². The second-order valence-corrected chi connectivity index (χ2v) is 11.3. The van der Waals surface area contributed by atoms with Crippen LogP contribution in [0, 0.1) is 0 Å². The second kappa shape index (κ2) is 9.96. The van der Waals surface area contributed by atoms with Gasteiger partial charge in [0.1, 0.15) is 0 Å². The lowest BCUT2D eigenvalue weighted by Crippen LogP contribution is -2.09. The minimum absolute atomic E-state index is 0.237. The van der Waals surface area contributed by atoms with Crippen molar-refractivity contribution in [2.24, 2.45) is 10.2 Å². The number of anilines is 3. The van der Waals surface area contributed by atoms with Gasteiger partial charge in [-0.05, 0) is 54.6 Å². The summed E-state index contributed by atoms with van der Waals surface area (Å²) in [7, 11) is -8.74. The summed E-state index contributed by atoms with van der Waals surface area (Å²) in [5.41, 5.74) is 14.4. The van der Waals surface area contributed by atoms with Crippen LogP contribution in [0.4, 0.5) is 28.4 Å². The molecule has 0 spiro atoms. The normalized spacial score (nSPS) is 12.3. The lowest BCUT2D eigenvalue weighted by Gasteiger charge is -2.13. The number of fused-ring (bicyclic) bond motifs is 2. The number of hydrogen-bond acceptors (Lipinski definition) is 9. The van der Waals surface area contributed by atoms with Gasteiger partial charge in [-0.2, -0.15) is 16.8 Å². The fourth-order valence-corrected chi connectivity index (χ4v) is 5.08. The molecular weight excluding hydrogens is 542 g/mol. The molecule has 0 atom stereocenters. The highest BCUT2D eigenvalue weighted by Crippen LogP contribution is 2.36. The molecule has 0 saturated carbocycles. The molecule has 0 aromatic heterocycles. The Kier molecular flexibility index (Phi) is 6.66. The van der Waals surface area contributed by atoms with Crippen LogP contribution < -0.4 is 16.6 Å². The fraction of sp³-hybridized carbons (Fsp3) is 0. The van der Waals surface area contributed by atoms with E-state index in [-0.39, 0.29) is 9.79 Å². The number of benzene rings is 5. The van der Waals surface area contributed by atoms with E-state index in [4.69, 9.17) is 5.73 Å². The van der Waals surface area contributed by atoms with E-state index in [0.29, 0.717) is 39.2 Å². The Balaban J connectivity index is 1.47. The summed E-state index contributed by atoms with van der Waals surface area (Å²) in [6.07, 6.45) is 0. The summed E-state index contributed by atoms with van der Waals surface area (Å²) in [5, 5.41) is 11.4. The van der Waals surface area contributed by atoms with E-state index in [0.717, 1.165) is 10.8 Å². The van der Waals surface area contributed by atoms with Crippen molar-refractivity contribution in [2.75, 3.05) is 16.6 Å². The molecule has 0 radical (unpaired) electrons. The smallest absolute Gasteiger partial charge is 0.294 e. The largest absolute Gasteiger partial charge is 0.398 e. The first kappa shape index (κ1) is 26.1. The molecule has 0 amide bonds. The number of rotatable bonds is 7. The Morgan fingerprint density at radius 2 is 1.21 bits per heavy atom. The molecule has 0 heterocycles. The van der Waals surface area contributed by atoms with Gasteiger partial charge in [-0.3, -0.25) is 9.11 Å². The van der Waals surface area contributed by atoms with Gasteiger partial charge in [0.05, 0.1) is 32.5 Å². The molecule has 0 saturated heterocycles. The van der Waals surface area contributed by atoms with Crippen molar-refractivity contribution in [3.8, 4) is 0 Å². The molecule has 0 aliphatic carbocycles. The Hall–Kier alpha value is -4.56. The molecule has 5 aromatic rings. The van der Waals surface area contributed by atoms with E-state index in [9.17, 15) is 25.9 Å². The van der Waals surface area contributed by atoms with E-state index in [1.54, 1.807) is 30.3 Å². The highest BCUT2D eigenvalue weighted by molar-refractivity contribution is 7.86. The zero-order valence-electron chi connectivity index (χ0n) is 20.0. The minimum atomic E-state index is -4.40. The van der Waals surface area contributed by atoms with Crippen molar-refractivity contribution in [1.82, 2.24) is 0 Å². The third-order valence-electron chi connectivity index (χ3n) is 5.94. The van der Waals surface area contributed by atoms with Crippen LogP contribution in [-0.4, -0.2) is 25.9 Å². The van der Waals surface area contributed by atoms with Gasteiger partial charge < -0.3 is 16.6 Å². The molecular formula is C26H21N5O6S2. The van der Waals surface area contributed by atoms with Crippen molar-refractivity contribution < 1.29 is 25.9 Å². The molecule has 6 N–H and O–H groups in total. The zero-order valence-corrected chi connectivity index (χ0v) is 21.6. The first-order chi connectivity index (χ1) is 18.5. The average molecular weight is 564 g/mol. The lowest BCUT2D eigenvalue weighted by atomic mass is 10.1. The van der Waals surface area contributed by atoms with Crippen molar-refractivity contribution in [3.05, 3.63) is 91.0 Å². The maximum absolute atomic E-state index is 11.5. The van der Waals surface area contributed by atoms with Gasteiger partial charge in [0.15, 0.2) is 0 Å². The van der Waals surface area contributed by atoms with Crippen LogP contribution in [-0.2, 0) is 20.2 Å². The average Bonchev–Trinajstić information content (AvgIpc) is 2.91. The summed E-state index contributed by atoms with van der Waals surface area (Å²) < 4.78 is 64.6. The molecule has 0 aliphatic heterocycles. The minimum Gasteiger partial charge on any atom is -0.398 e. The maximum atomic E-state index is 11.5. The van der Waals surface area contributed by atoms with Crippen LogP contribution in [0.25, 0.3) is 21.5 Å². The Labute approximate surface area is 223 Å². The van der Waals surface area contributed by atoms with E-state index in [1.807, 2.05) is 24.3 Å². The van der Waals surface area contributed by atoms with Gasteiger partial charge >= 0.3 is 0 Å². The first-order valence-electron chi connectivity index (χ1n) is 11.3. The molecule has 11 nitrogen and oxygen atoms in total. The van der Waals surface area contributed by atoms with Crippen LogP contribution in [0.3, 0.4) is 0 Å². The Morgan fingerprint density at radius 1 is 0.590 bits per heavy atom. The van der Waals surface area contributed by atoms with Gasteiger partial charge in [-0.25, -0.2) is 0 Å². The van der Waals surface area contributed by atoms with Crippen molar-refractivity contribution in [2.45, 2.75) is 9.79 Å². The molecule has 0 aliphatic rings. The van der Waals surface area contributed by atoms with E-state index in [1.165, 1.54) is 36.4 Å². The monoisotopic (exact) mass is 563 g/mol. The van der Waals surface area contributed by atoms with Crippen LogP contribution in [0.15, 0.2) is 111 Å². The molecule has 0 bridgehead atoms. The van der Waals surface area contributed by atoms with E-state index >= 15 is 0 Å². The summed E-state index contributed by atoms with van der Waals surface area (Å²) in [5.74, 6) is 0. The molecule has 0 unspecified atom stereocenters. The highest BCUT2D eigenvalue weighted by atomic mass is 32.2. The summed E-state index contributed by atoms with van der Waals surface area (Å²) in [4.78, 5) is -0.512. The third kappa shape index (κ3) is 5.51. The standard InChI is InChI=1S/C26H21N5O6S2/c27-23-10-11-24(21-9-8-18(15-22(21)23)39(35,36)37)30-31-26-13-12-25(19-6-1-2-7-20(19)26)29-28-16-4-3-5-17(14-16)38(32,33)34/h1-15,28-29H,27H2,(H,32,33,34)(H,35,36,37). The molecule has 5 aromatic carbocycles. The van der Waals surface area contributed by atoms with Gasteiger partial charge in [-0.15, -0.1) is 10.2 Å². The van der Waals surface area contributed by atoms with Crippen LogP contribution in [0.2, 0.25) is 0 Å². The van der Waals surface area contributed by atoms with E-state index in [2.05, 4.69) is 21.1 Å². The number of nitrogens with zero attached hydrogens (tertiary/aromatic N) is 2. The van der Waals surface area contributed by atoms with Gasteiger partial charge in [0, 0.05) is 27.2 Å². The van der Waals surface area contributed by atoms with E-state index < -0.39 is 20.2 Å². The van der Waals surface area contributed by atoms with Crippen molar-refractivity contribution in [3.63, 3.8) is 0 Å². The number of nitrogens with two attached hydrogens (primary N) is 1. The summed E-state index contributed by atoms with van der Waals surface area (Å²) in [6.45, 7) is 0. The summed E-state index contributed by atoms with van der Waals surface area (Å²) >= 11 is 0. The molecule has 5 rings (SSSR count). The van der Waals surface area contributed by atoms with Crippen LogP contribution >= 0.6 is 0 Å². The number of hydrogen-bond donors (Lipinski definition) is 5. The van der Waals surface area contributed by atoms with Crippen molar-refractivity contribution >= 4 is 70.2 Å². The predicted molar refractivity (Wildman–Crippen MR) is 150 cm³/mol. The number of hydrazine groups is 1. The second-order valence-electron chi connectivity index (χ2n) is 8.49. The third-order valence-corrected chi connectivity index (χ3v) is 7.64. The summed E-state index contributed by atoms with van der Waals surface area (Å²) in [6, 6.07) is 24.0. The Bertz CT molecular complexity index is 1990. The quantitative estimate of drug-likeness (QED) is 0.0693. The molecule has 198 valence electrons. The Morgan fingerprint density at radius 3 is 1.90 bits per heavy atom. The van der Waals surface area contributed by atoms with Gasteiger partial charge in [-0.1, -0.05) is 36.4 Å². The topological polar surface area (TPSA) is 184 Å². The number of nitrogen functional groups attached to an aromatic ring is 1. The first-order valence-corrected chi connectivity index (χ1v) is 14.2. The molecule has 39 heavy (non-hydrogen) atoms. The maximum Gasteiger partial charge on any atom is 0.294 e. The lowest BCUT2D eigenvalue weighted by molar-refractivity contribution is 0.481. The predicted octanol–water partition coefficient (Wildman–Crippen LogP) is 5.92. The highest BCUT2D eigenvalue weighted by Gasteiger charge is 2.13. The fourth-order valence-electron chi connectivity index (χ4n) is 4.04. The van der Waals surface area contributed by atoms with Gasteiger partial charge in [0.2, 0.25) is 0 Å². The number of azo groups is 1. The van der Waals surface area contributed by atoms with Crippen LogP contribution in [0.5, 0.6) is 0 Å².